The molecule has 0 aromatic heterocycles. The van der Waals surface area contributed by atoms with E-state index in [1.165, 1.54) is 32.2 Å². The molecule has 0 heterocycles. The lowest BCUT2D eigenvalue weighted by Crippen LogP contribution is -2.48. The fraction of sp³-hybridized carbons (Fsp3) is 0.467. The van der Waals surface area contributed by atoms with Gasteiger partial charge in [0.15, 0.2) is 11.5 Å². The average molecular weight is 295 g/mol. The molecule has 0 spiro atoms. The Bertz CT molecular complexity index is 549. The van der Waals surface area contributed by atoms with Crippen LogP contribution < -0.4 is 0 Å². The molecule has 0 radical (unpaired) electrons. The van der Waals surface area contributed by atoms with Crippen LogP contribution in [0.5, 0.6) is 11.5 Å². The first kappa shape index (κ1) is 16.8. The number of rotatable bonds is 3. The summed E-state index contributed by atoms with van der Waals surface area (Å²) in [6.07, 6.45) is -0.0763. The molecule has 0 aliphatic carbocycles. The molecule has 6 nitrogen and oxygen atoms in total. The van der Waals surface area contributed by atoms with Gasteiger partial charge in [0.1, 0.15) is 17.4 Å². The molecule has 21 heavy (non-hydrogen) atoms. The molecule has 0 fully saturated rings. The highest BCUT2D eigenvalue weighted by atomic mass is 16.6. The average Bonchev–Trinajstić information content (AvgIpc) is 2.38. The highest BCUT2D eigenvalue weighted by Crippen LogP contribution is 2.33. The third kappa shape index (κ3) is 3.65. The molecule has 1 unspecified atom stereocenters. The molecule has 0 aliphatic rings. The second-order valence-electron chi connectivity index (χ2n) is 6.01. The summed E-state index contributed by atoms with van der Waals surface area (Å²) in [5.74, 6) is -0.662. The van der Waals surface area contributed by atoms with Crippen LogP contribution in [0.1, 0.15) is 33.3 Å². The van der Waals surface area contributed by atoms with Gasteiger partial charge < -0.3 is 19.7 Å². The van der Waals surface area contributed by atoms with Crippen molar-refractivity contribution in [2.75, 3.05) is 7.05 Å². The molecular weight excluding hydrogens is 274 g/mol. The standard InChI is InChI=1S/C15H21NO5/c1-14(2,3)21-13(20)16(5)15(4,9-17)10-6-7-11(18)12(19)8-10/h6-9,18-19H,1-5H3. The van der Waals surface area contributed by atoms with Gasteiger partial charge in [0, 0.05) is 7.05 Å². The van der Waals surface area contributed by atoms with Crippen molar-refractivity contribution in [1.82, 2.24) is 4.90 Å². The van der Waals surface area contributed by atoms with Crippen LogP contribution in [0.4, 0.5) is 4.79 Å². The Balaban J connectivity index is 3.16. The van der Waals surface area contributed by atoms with Crippen molar-refractivity contribution in [1.29, 1.82) is 0 Å². The first-order chi connectivity index (χ1) is 9.51. The van der Waals surface area contributed by atoms with Crippen molar-refractivity contribution >= 4 is 12.4 Å². The fourth-order valence-corrected chi connectivity index (χ4v) is 1.70. The Morgan fingerprint density at radius 3 is 2.19 bits per heavy atom. The first-order valence-corrected chi connectivity index (χ1v) is 6.47. The van der Waals surface area contributed by atoms with Crippen molar-refractivity contribution in [3.63, 3.8) is 0 Å². The molecule has 0 saturated carbocycles. The van der Waals surface area contributed by atoms with E-state index in [0.717, 1.165) is 4.90 Å². The summed E-state index contributed by atoms with van der Waals surface area (Å²) in [5, 5.41) is 18.9. The van der Waals surface area contributed by atoms with E-state index in [4.69, 9.17) is 4.74 Å². The van der Waals surface area contributed by atoms with Gasteiger partial charge in [-0.3, -0.25) is 4.90 Å². The summed E-state index contributed by atoms with van der Waals surface area (Å²) < 4.78 is 5.24. The van der Waals surface area contributed by atoms with Crippen molar-refractivity contribution in [3.05, 3.63) is 23.8 Å². The smallest absolute Gasteiger partial charge is 0.411 e. The molecule has 1 aromatic carbocycles. The Morgan fingerprint density at radius 1 is 1.19 bits per heavy atom. The highest BCUT2D eigenvalue weighted by Gasteiger charge is 2.37. The number of benzene rings is 1. The fourth-order valence-electron chi connectivity index (χ4n) is 1.70. The molecule has 0 bridgehead atoms. The van der Waals surface area contributed by atoms with Crippen LogP contribution in [0.3, 0.4) is 0 Å². The van der Waals surface area contributed by atoms with Crippen LogP contribution in [-0.2, 0) is 15.1 Å². The lowest BCUT2D eigenvalue weighted by molar-refractivity contribution is -0.117. The molecule has 1 amide bonds. The monoisotopic (exact) mass is 295 g/mol. The maximum Gasteiger partial charge on any atom is 0.411 e. The van der Waals surface area contributed by atoms with E-state index in [-0.39, 0.29) is 11.5 Å². The zero-order valence-electron chi connectivity index (χ0n) is 12.9. The number of ether oxygens (including phenoxy) is 1. The van der Waals surface area contributed by atoms with Gasteiger partial charge in [0.05, 0.1) is 0 Å². The SMILES string of the molecule is CN(C(=O)OC(C)(C)C)C(C)(C=O)c1ccc(O)c(O)c1. The van der Waals surface area contributed by atoms with Gasteiger partial charge in [-0.1, -0.05) is 6.07 Å². The van der Waals surface area contributed by atoms with E-state index >= 15 is 0 Å². The number of aldehydes is 1. The number of carbonyl (C=O) groups excluding carboxylic acids is 2. The van der Waals surface area contributed by atoms with Crippen LogP contribution >= 0.6 is 0 Å². The van der Waals surface area contributed by atoms with E-state index in [9.17, 15) is 19.8 Å². The van der Waals surface area contributed by atoms with Crippen molar-refractivity contribution in [2.24, 2.45) is 0 Å². The van der Waals surface area contributed by atoms with Gasteiger partial charge in [-0.15, -0.1) is 0 Å². The van der Waals surface area contributed by atoms with Crippen molar-refractivity contribution in [3.8, 4) is 11.5 Å². The second-order valence-corrected chi connectivity index (χ2v) is 6.01. The molecule has 1 rings (SSSR count). The van der Waals surface area contributed by atoms with Gasteiger partial charge in [-0.25, -0.2) is 4.79 Å². The molecule has 1 atom stereocenters. The van der Waals surface area contributed by atoms with E-state index < -0.39 is 17.2 Å². The number of nitrogens with zero attached hydrogens (tertiary/aromatic N) is 1. The quantitative estimate of drug-likeness (QED) is 0.660. The lowest BCUT2D eigenvalue weighted by Gasteiger charge is -2.35. The summed E-state index contributed by atoms with van der Waals surface area (Å²) in [6, 6.07) is 3.96. The summed E-state index contributed by atoms with van der Waals surface area (Å²) >= 11 is 0. The highest BCUT2D eigenvalue weighted by molar-refractivity contribution is 5.78. The molecule has 6 heteroatoms. The molecule has 2 N–H and O–H groups in total. The molecule has 0 saturated heterocycles. The maximum absolute atomic E-state index is 12.1. The molecule has 0 aliphatic heterocycles. The van der Waals surface area contributed by atoms with E-state index in [1.807, 2.05) is 0 Å². The third-order valence-corrected chi connectivity index (χ3v) is 3.15. The second kappa shape index (κ2) is 5.63. The third-order valence-electron chi connectivity index (χ3n) is 3.15. The Morgan fingerprint density at radius 2 is 1.76 bits per heavy atom. The van der Waals surface area contributed by atoms with Gasteiger partial charge in [0.2, 0.25) is 0 Å². The minimum Gasteiger partial charge on any atom is -0.504 e. The zero-order valence-corrected chi connectivity index (χ0v) is 12.9. The predicted molar refractivity (Wildman–Crippen MR) is 77.2 cm³/mol. The zero-order chi connectivity index (χ0) is 16.4. The van der Waals surface area contributed by atoms with Crippen LogP contribution in [0, 0.1) is 0 Å². The Labute approximate surface area is 124 Å². The molecular formula is C15H21NO5. The number of phenolic OH excluding ortho intramolecular Hbond substituents is 2. The summed E-state index contributed by atoms with van der Waals surface area (Å²) in [5.41, 5.74) is -1.65. The van der Waals surface area contributed by atoms with Crippen LogP contribution in [0.15, 0.2) is 18.2 Å². The Hall–Kier alpha value is -2.24. The van der Waals surface area contributed by atoms with Crippen molar-refractivity contribution < 1.29 is 24.5 Å². The number of carbonyl (C=O) groups is 2. The van der Waals surface area contributed by atoms with E-state index in [2.05, 4.69) is 0 Å². The number of aromatic hydroxyl groups is 2. The maximum atomic E-state index is 12.1. The van der Waals surface area contributed by atoms with Crippen LogP contribution in [-0.4, -0.2) is 40.1 Å². The topological polar surface area (TPSA) is 87.1 Å². The molecule has 1 aromatic rings. The number of phenols is 2. The molecule has 116 valence electrons. The predicted octanol–water partition coefficient (Wildman–Crippen LogP) is 2.38. The van der Waals surface area contributed by atoms with Crippen molar-refractivity contribution in [2.45, 2.75) is 38.8 Å². The first-order valence-electron chi connectivity index (χ1n) is 6.47. The van der Waals surface area contributed by atoms with Gasteiger partial charge in [-0.05, 0) is 45.4 Å². The van der Waals surface area contributed by atoms with Crippen LogP contribution in [0.25, 0.3) is 0 Å². The normalized spacial score (nSPS) is 14.1. The number of amides is 1. The minimum absolute atomic E-state index is 0.299. The summed E-state index contributed by atoms with van der Waals surface area (Å²) in [6.45, 7) is 6.70. The van der Waals surface area contributed by atoms with Crippen LogP contribution in [0.2, 0.25) is 0 Å². The largest absolute Gasteiger partial charge is 0.504 e. The van der Waals surface area contributed by atoms with Gasteiger partial charge >= 0.3 is 6.09 Å². The Kier molecular flexibility index (Phi) is 4.51. The number of likely N-dealkylation sites (N-methyl/N-ethyl adjacent to an activating group) is 1. The van der Waals surface area contributed by atoms with E-state index in [0.29, 0.717) is 11.8 Å². The van der Waals surface area contributed by atoms with Gasteiger partial charge in [0.25, 0.3) is 0 Å². The summed E-state index contributed by atoms with van der Waals surface area (Å²) in [7, 11) is 1.44. The number of hydrogen-bond donors (Lipinski definition) is 2. The lowest BCUT2D eigenvalue weighted by atomic mass is 9.92. The minimum atomic E-state index is -1.33. The van der Waals surface area contributed by atoms with E-state index in [1.54, 1.807) is 20.8 Å². The number of hydrogen-bond acceptors (Lipinski definition) is 5. The summed E-state index contributed by atoms with van der Waals surface area (Å²) in [4.78, 5) is 24.8. The van der Waals surface area contributed by atoms with Gasteiger partial charge in [-0.2, -0.15) is 0 Å².